The Morgan fingerprint density at radius 3 is 2.09 bits per heavy atom. The van der Waals surface area contributed by atoms with Crippen LogP contribution in [0.15, 0.2) is 115 Å². The highest BCUT2D eigenvalue weighted by Crippen LogP contribution is 2.39. The molecule has 6 rings (SSSR count). The summed E-state index contributed by atoms with van der Waals surface area (Å²) in [5.74, 6) is -0.000612. The van der Waals surface area contributed by atoms with E-state index in [1.54, 1.807) is 6.07 Å². The van der Waals surface area contributed by atoms with Crippen LogP contribution in [0.4, 0.5) is 5.69 Å². The van der Waals surface area contributed by atoms with Crippen molar-refractivity contribution >= 4 is 23.3 Å². The van der Waals surface area contributed by atoms with E-state index in [0.717, 1.165) is 65.7 Å². The molecule has 0 bridgehead atoms. The molecule has 43 heavy (non-hydrogen) atoms. The molecule has 0 spiro atoms. The van der Waals surface area contributed by atoms with E-state index in [4.69, 9.17) is 16.3 Å². The molecule has 1 aliphatic rings. The normalized spacial score (nSPS) is 13.6. The first-order valence-corrected chi connectivity index (χ1v) is 14.9. The maximum atomic E-state index is 12.3. The van der Waals surface area contributed by atoms with E-state index >= 15 is 0 Å². The van der Waals surface area contributed by atoms with Gasteiger partial charge in [-0.25, -0.2) is 4.79 Å². The quantitative estimate of drug-likeness (QED) is 0.196. The van der Waals surface area contributed by atoms with Gasteiger partial charge in [0.05, 0.1) is 0 Å². The molecule has 6 heteroatoms. The first-order chi connectivity index (χ1) is 21.0. The maximum absolute atomic E-state index is 12.3. The number of hydrogen-bond donors (Lipinski definition) is 1. The maximum Gasteiger partial charge on any atom is 0.339 e. The number of para-hydroxylation sites is 1. The first kappa shape index (κ1) is 28.5. The summed E-state index contributed by atoms with van der Waals surface area (Å²) in [5, 5.41) is 10.8. The Morgan fingerprint density at radius 2 is 1.37 bits per heavy atom. The highest BCUT2D eigenvalue weighted by molar-refractivity contribution is 6.30. The van der Waals surface area contributed by atoms with E-state index < -0.39 is 5.97 Å². The van der Waals surface area contributed by atoms with Crippen LogP contribution in [0, 0.1) is 6.92 Å². The van der Waals surface area contributed by atoms with Gasteiger partial charge in [0.2, 0.25) is 0 Å². The molecule has 0 aromatic heterocycles. The number of hydrogen-bond acceptors (Lipinski definition) is 4. The van der Waals surface area contributed by atoms with Gasteiger partial charge in [-0.15, -0.1) is 0 Å². The van der Waals surface area contributed by atoms with Gasteiger partial charge in [-0.05, 0) is 59.5 Å². The van der Waals surface area contributed by atoms with Gasteiger partial charge in [-0.1, -0.05) is 96.5 Å². The molecule has 0 amide bonds. The van der Waals surface area contributed by atoms with Gasteiger partial charge in [0.1, 0.15) is 17.1 Å². The number of piperazine rings is 1. The number of carboxylic acid groups (broad SMARTS) is 1. The molecule has 0 atom stereocenters. The van der Waals surface area contributed by atoms with E-state index in [9.17, 15) is 9.90 Å². The molecule has 0 saturated carbocycles. The van der Waals surface area contributed by atoms with Gasteiger partial charge in [0.25, 0.3) is 0 Å². The lowest BCUT2D eigenvalue weighted by molar-refractivity contribution is 0.0694. The van der Waals surface area contributed by atoms with Crippen LogP contribution >= 0.6 is 11.6 Å². The number of halogens is 1. The van der Waals surface area contributed by atoms with E-state index in [1.807, 2.05) is 79.7 Å². The van der Waals surface area contributed by atoms with Gasteiger partial charge in [-0.2, -0.15) is 0 Å². The molecule has 216 valence electrons. The highest BCUT2D eigenvalue weighted by Gasteiger charge is 2.24. The number of aromatic carboxylic acids is 1. The second-order valence-electron chi connectivity index (χ2n) is 10.8. The van der Waals surface area contributed by atoms with Gasteiger partial charge in [0, 0.05) is 54.6 Å². The first-order valence-electron chi connectivity index (χ1n) is 14.5. The van der Waals surface area contributed by atoms with Crippen molar-refractivity contribution in [3.8, 4) is 33.8 Å². The van der Waals surface area contributed by atoms with Crippen molar-refractivity contribution in [2.45, 2.75) is 13.5 Å². The van der Waals surface area contributed by atoms with Crippen LogP contribution in [-0.4, -0.2) is 42.2 Å². The Bertz CT molecular complexity index is 1730. The monoisotopic (exact) mass is 588 g/mol. The summed E-state index contributed by atoms with van der Waals surface area (Å²) in [5.41, 5.74) is 7.57. The number of rotatable bonds is 8. The Balaban J connectivity index is 1.21. The average Bonchev–Trinajstić information content (AvgIpc) is 3.04. The summed E-state index contributed by atoms with van der Waals surface area (Å²) < 4.78 is 6.46. The van der Waals surface area contributed by atoms with Crippen molar-refractivity contribution in [1.29, 1.82) is 0 Å². The van der Waals surface area contributed by atoms with Crippen molar-refractivity contribution in [3.05, 3.63) is 137 Å². The summed E-state index contributed by atoms with van der Waals surface area (Å²) in [4.78, 5) is 17.1. The van der Waals surface area contributed by atoms with Crippen molar-refractivity contribution in [2.75, 3.05) is 31.1 Å². The zero-order chi connectivity index (χ0) is 29.8. The molecule has 1 heterocycles. The van der Waals surface area contributed by atoms with Gasteiger partial charge >= 0.3 is 5.97 Å². The lowest BCUT2D eigenvalue weighted by atomic mass is 9.99. The third-order valence-electron chi connectivity index (χ3n) is 8.07. The standard InChI is InChI=1S/C37H33ClN2O3/c1-26-34(20-19-33(37(41)42)36(26)43-35-14-8-7-13-32(35)27-9-3-2-4-10-27)40-23-21-39(22-24-40)25-29-11-5-6-12-31(29)28-15-17-30(38)18-16-28/h2-20H,21-25H2,1H3,(H,41,42). The molecule has 0 unspecified atom stereocenters. The van der Waals surface area contributed by atoms with Crippen molar-refractivity contribution in [2.24, 2.45) is 0 Å². The number of carbonyl (C=O) groups is 1. The molecule has 1 fully saturated rings. The highest BCUT2D eigenvalue weighted by atomic mass is 35.5. The number of carboxylic acids is 1. The Labute approximate surface area is 257 Å². The molecule has 5 nitrogen and oxygen atoms in total. The summed E-state index contributed by atoms with van der Waals surface area (Å²) >= 11 is 6.13. The van der Waals surface area contributed by atoms with Crippen molar-refractivity contribution in [1.82, 2.24) is 4.90 Å². The molecule has 1 aliphatic heterocycles. The lowest BCUT2D eigenvalue weighted by Crippen LogP contribution is -2.46. The summed E-state index contributed by atoms with van der Waals surface area (Å²) in [7, 11) is 0. The van der Waals surface area contributed by atoms with Crippen LogP contribution in [0.1, 0.15) is 21.5 Å². The molecule has 0 aliphatic carbocycles. The third kappa shape index (κ3) is 6.29. The molecule has 5 aromatic rings. The largest absolute Gasteiger partial charge is 0.478 e. The molecule has 1 saturated heterocycles. The predicted molar refractivity (Wildman–Crippen MR) is 174 cm³/mol. The van der Waals surface area contributed by atoms with Crippen LogP contribution in [0.2, 0.25) is 5.02 Å². The van der Waals surface area contributed by atoms with Crippen molar-refractivity contribution < 1.29 is 14.6 Å². The zero-order valence-corrected chi connectivity index (χ0v) is 24.8. The van der Waals surface area contributed by atoms with E-state index in [1.165, 1.54) is 11.1 Å². The smallest absolute Gasteiger partial charge is 0.339 e. The zero-order valence-electron chi connectivity index (χ0n) is 24.0. The lowest BCUT2D eigenvalue weighted by Gasteiger charge is -2.37. The minimum Gasteiger partial charge on any atom is -0.478 e. The van der Waals surface area contributed by atoms with Crippen LogP contribution in [-0.2, 0) is 6.54 Å². The molecule has 1 N–H and O–H groups in total. The minimum atomic E-state index is -1.01. The number of ether oxygens (including phenoxy) is 1. The van der Waals surface area contributed by atoms with Crippen LogP contribution in [0.5, 0.6) is 11.5 Å². The summed E-state index contributed by atoms with van der Waals surface area (Å²) in [6.45, 7) is 6.25. The fourth-order valence-corrected chi connectivity index (χ4v) is 5.93. The summed E-state index contributed by atoms with van der Waals surface area (Å²) in [6.07, 6.45) is 0. The van der Waals surface area contributed by atoms with Gasteiger partial charge in [0.15, 0.2) is 0 Å². The third-order valence-corrected chi connectivity index (χ3v) is 8.32. The fraction of sp³-hybridized carbons (Fsp3) is 0.162. The number of nitrogens with zero attached hydrogens (tertiary/aromatic N) is 2. The topological polar surface area (TPSA) is 53.0 Å². The summed E-state index contributed by atoms with van der Waals surface area (Å²) in [6, 6.07) is 37.9. The average molecular weight is 589 g/mol. The van der Waals surface area contributed by atoms with Gasteiger partial charge in [-0.3, -0.25) is 4.90 Å². The molecular formula is C37H33ClN2O3. The Hall–Kier alpha value is -4.58. The molecule has 5 aromatic carbocycles. The Kier molecular flexibility index (Phi) is 8.45. The van der Waals surface area contributed by atoms with Crippen molar-refractivity contribution in [3.63, 3.8) is 0 Å². The number of anilines is 1. The predicted octanol–water partition coefficient (Wildman–Crippen LogP) is 8.80. The second-order valence-corrected chi connectivity index (χ2v) is 11.2. The fourth-order valence-electron chi connectivity index (χ4n) is 5.80. The van der Waals surface area contributed by atoms with Crippen LogP contribution in [0.3, 0.4) is 0 Å². The van der Waals surface area contributed by atoms with E-state index in [-0.39, 0.29) is 5.56 Å². The van der Waals surface area contributed by atoms with Gasteiger partial charge < -0.3 is 14.7 Å². The Morgan fingerprint density at radius 1 is 0.744 bits per heavy atom. The van der Waals surface area contributed by atoms with Crippen LogP contribution in [0.25, 0.3) is 22.3 Å². The van der Waals surface area contributed by atoms with E-state index in [0.29, 0.717) is 11.5 Å². The SMILES string of the molecule is Cc1c(N2CCN(Cc3ccccc3-c3ccc(Cl)cc3)CC2)ccc(C(=O)O)c1Oc1ccccc1-c1ccccc1. The second kappa shape index (κ2) is 12.7. The molecular weight excluding hydrogens is 556 g/mol. The van der Waals surface area contributed by atoms with E-state index in [2.05, 4.69) is 46.2 Å². The molecule has 0 radical (unpaired) electrons. The minimum absolute atomic E-state index is 0.154. The number of benzene rings is 5. The van der Waals surface area contributed by atoms with Crippen LogP contribution < -0.4 is 9.64 Å².